The highest BCUT2D eigenvalue weighted by atomic mass is 35.5. The number of aryl methyl sites for hydroxylation is 1. The van der Waals surface area contributed by atoms with Crippen LogP contribution < -0.4 is 0 Å². The van der Waals surface area contributed by atoms with Gasteiger partial charge in [0.25, 0.3) is 0 Å². The molecule has 0 bridgehead atoms. The van der Waals surface area contributed by atoms with Gasteiger partial charge in [-0.3, -0.25) is 4.79 Å². The number of halogens is 1. The third-order valence-corrected chi connectivity index (χ3v) is 4.82. The molecule has 4 nitrogen and oxygen atoms in total. The number of pyridine rings is 1. The number of hydrogen-bond donors (Lipinski definition) is 0. The number of carbonyl (C=O) groups excluding carboxylic acids is 2. The molecule has 1 aromatic heterocycles. The summed E-state index contributed by atoms with van der Waals surface area (Å²) in [4.78, 5) is 29.7. The molecule has 0 saturated heterocycles. The molecule has 3 rings (SSSR count). The quantitative estimate of drug-likeness (QED) is 0.537. The fraction of sp³-hybridized carbons (Fsp3) is 0.261. The lowest BCUT2D eigenvalue weighted by Gasteiger charge is -2.17. The molecule has 0 aliphatic heterocycles. The van der Waals surface area contributed by atoms with Crippen molar-refractivity contribution in [1.82, 2.24) is 4.98 Å². The fourth-order valence-corrected chi connectivity index (χ4v) is 2.88. The SMILES string of the molecule is Cc1cccc2c(C(=O)OCC(=O)C(C)(C)C)cc(-c3ccc(Cl)cc3)nc12. The summed E-state index contributed by atoms with van der Waals surface area (Å²) in [5.74, 6) is -0.667. The molecular weight excluding hydrogens is 374 g/mol. The molecule has 2 aromatic carbocycles. The van der Waals surface area contributed by atoms with Crippen molar-refractivity contribution in [3.05, 3.63) is 64.7 Å². The molecule has 0 unspecified atom stereocenters. The van der Waals surface area contributed by atoms with E-state index in [4.69, 9.17) is 21.3 Å². The number of rotatable bonds is 4. The van der Waals surface area contributed by atoms with E-state index < -0.39 is 11.4 Å². The van der Waals surface area contributed by atoms with Crippen LogP contribution in [0.5, 0.6) is 0 Å². The predicted octanol–water partition coefficient (Wildman–Crippen LogP) is 5.64. The highest BCUT2D eigenvalue weighted by Gasteiger charge is 2.24. The molecule has 0 amide bonds. The van der Waals surface area contributed by atoms with Gasteiger partial charge in [0.15, 0.2) is 12.4 Å². The van der Waals surface area contributed by atoms with E-state index in [1.807, 2.05) is 37.3 Å². The number of hydrogen-bond acceptors (Lipinski definition) is 4. The van der Waals surface area contributed by atoms with E-state index in [-0.39, 0.29) is 12.4 Å². The van der Waals surface area contributed by atoms with Crippen molar-refractivity contribution in [2.45, 2.75) is 27.7 Å². The minimum Gasteiger partial charge on any atom is -0.454 e. The number of carbonyl (C=O) groups is 2. The lowest BCUT2D eigenvalue weighted by Crippen LogP contribution is -2.26. The Morgan fingerprint density at radius 1 is 1.07 bits per heavy atom. The Balaban J connectivity index is 2.05. The summed E-state index contributed by atoms with van der Waals surface area (Å²) in [6, 6.07) is 14.6. The lowest BCUT2D eigenvalue weighted by molar-refractivity contribution is -0.129. The molecule has 5 heteroatoms. The van der Waals surface area contributed by atoms with Crippen molar-refractivity contribution in [1.29, 1.82) is 0 Å². The van der Waals surface area contributed by atoms with Gasteiger partial charge in [0.05, 0.1) is 16.8 Å². The first-order valence-corrected chi connectivity index (χ1v) is 9.41. The first kappa shape index (κ1) is 20.0. The Morgan fingerprint density at radius 3 is 2.39 bits per heavy atom. The zero-order valence-corrected chi connectivity index (χ0v) is 17.1. The maximum absolute atomic E-state index is 12.8. The van der Waals surface area contributed by atoms with Crippen LogP contribution in [0.25, 0.3) is 22.2 Å². The Morgan fingerprint density at radius 2 is 1.75 bits per heavy atom. The summed E-state index contributed by atoms with van der Waals surface area (Å²) in [7, 11) is 0. The molecule has 0 atom stereocenters. The maximum Gasteiger partial charge on any atom is 0.339 e. The second-order valence-corrected chi connectivity index (χ2v) is 8.22. The Labute approximate surface area is 169 Å². The molecule has 0 aliphatic rings. The van der Waals surface area contributed by atoms with Gasteiger partial charge in [0.1, 0.15) is 0 Å². The van der Waals surface area contributed by atoms with Gasteiger partial charge in [0.2, 0.25) is 0 Å². The number of ketones is 1. The van der Waals surface area contributed by atoms with Crippen molar-refractivity contribution < 1.29 is 14.3 Å². The molecule has 0 radical (unpaired) electrons. The Hall–Kier alpha value is -2.72. The summed E-state index contributed by atoms with van der Waals surface area (Å²) in [5.41, 5.74) is 2.99. The van der Waals surface area contributed by atoms with Crippen LogP contribution in [0.15, 0.2) is 48.5 Å². The van der Waals surface area contributed by atoms with Crippen molar-refractivity contribution in [3.63, 3.8) is 0 Å². The number of nitrogens with zero attached hydrogens (tertiary/aromatic N) is 1. The average molecular weight is 396 g/mol. The normalized spacial score (nSPS) is 11.5. The third-order valence-electron chi connectivity index (χ3n) is 4.57. The van der Waals surface area contributed by atoms with Crippen LogP contribution in [0.3, 0.4) is 0 Å². The van der Waals surface area contributed by atoms with E-state index in [1.165, 1.54) is 0 Å². The number of aromatic nitrogens is 1. The molecule has 0 aliphatic carbocycles. The smallest absolute Gasteiger partial charge is 0.339 e. The van der Waals surface area contributed by atoms with Crippen LogP contribution in [-0.4, -0.2) is 23.3 Å². The van der Waals surface area contributed by atoms with Gasteiger partial charge in [-0.25, -0.2) is 9.78 Å². The zero-order valence-electron chi connectivity index (χ0n) is 16.4. The zero-order chi connectivity index (χ0) is 20.5. The monoisotopic (exact) mass is 395 g/mol. The van der Waals surface area contributed by atoms with Crippen molar-refractivity contribution >= 4 is 34.3 Å². The largest absolute Gasteiger partial charge is 0.454 e. The topological polar surface area (TPSA) is 56.3 Å². The average Bonchev–Trinajstić information content (AvgIpc) is 2.65. The van der Waals surface area contributed by atoms with E-state index in [0.29, 0.717) is 21.7 Å². The van der Waals surface area contributed by atoms with Gasteiger partial charge in [-0.1, -0.05) is 62.7 Å². The number of esters is 1. The molecule has 0 spiro atoms. The van der Waals surface area contributed by atoms with E-state index in [1.54, 1.807) is 39.0 Å². The third kappa shape index (κ3) is 4.23. The number of benzene rings is 2. The van der Waals surface area contributed by atoms with Gasteiger partial charge in [-0.2, -0.15) is 0 Å². The number of para-hydroxylation sites is 1. The Bertz CT molecular complexity index is 1050. The van der Waals surface area contributed by atoms with Crippen LogP contribution in [0.2, 0.25) is 5.02 Å². The van der Waals surface area contributed by atoms with Crippen molar-refractivity contribution in [2.75, 3.05) is 6.61 Å². The summed E-state index contributed by atoms with van der Waals surface area (Å²) >= 11 is 5.98. The summed E-state index contributed by atoms with van der Waals surface area (Å²) < 4.78 is 5.34. The van der Waals surface area contributed by atoms with E-state index in [2.05, 4.69) is 0 Å². The van der Waals surface area contributed by atoms with Crippen molar-refractivity contribution in [3.8, 4) is 11.3 Å². The molecule has 144 valence electrons. The molecule has 0 saturated carbocycles. The second-order valence-electron chi connectivity index (χ2n) is 7.78. The number of fused-ring (bicyclic) bond motifs is 1. The predicted molar refractivity (Wildman–Crippen MR) is 112 cm³/mol. The number of Topliss-reactive ketones (excluding diaryl/α,β-unsaturated/α-hetero) is 1. The molecule has 0 N–H and O–H groups in total. The van der Waals surface area contributed by atoms with Gasteiger partial charge in [-0.15, -0.1) is 0 Å². The van der Waals surface area contributed by atoms with Gasteiger partial charge in [0, 0.05) is 21.4 Å². The van der Waals surface area contributed by atoms with E-state index >= 15 is 0 Å². The summed E-state index contributed by atoms with van der Waals surface area (Å²) in [6.07, 6.45) is 0. The van der Waals surface area contributed by atoms with Gasteiger partial charge < -0.3 is 4.74 Å². The minimum absolute atomic E-state index is 0.131. The fourth-order valence-electron chi connectivity index (χ4n) is 2.75. The van der Waals surface area contributed by atoms with Crippen LogP contribution in [0.4, 0.5) is 0 Å². The van der Waals surface area contributed by atoms with E-state index in [0.717, 1.165) is 16.6 Å². The first-order valence-electron chi connectivity index (χ1n) is 9.03. The minimum atomic E-state index is -0.564. The van der Waals surface area contributed by atoms with Crippen LogP contribution in [-0.2, 0) is 9.53 Å². The molecule has 3 aromatic rings. The molecule has 1 heterocycles. The van der Waals surface area contributed by atoms with Crippen LogP contribution >= 0.6 is 11.6 Å². The van der Waals surface area contributed by atoms with Gasteiger partial charge in [-0.05, 0) is 30.7 Å². The van der Waals surface area contributed by atoms with Crippen LogP contribution in [0.1, 0.15) is 36.7 Å². The molecular formula is C23H22ClNO3. The molecule has 28 heavy (non-hydrogen) atoms. The Kier molecular flexibility index (Phi) is 5.52. The maximum atomic E-state index is 12.8. The number of ether oxygens (including phenoxy) is 1. The summed E-state index contributed by atoms with van der Waals surface area (Å²) in [5, 5.41) is 1.33. The van der Waals surface area contributed by atoms with Crippen LogP contribution in [0, 0.1) is 12.3 Å². The highest BCUT2D eigenvalue weighted by molar-refractivity contribution is 6.30. The second kappa shape index (κ2) is 7.72. The van der Waals surface area contributed by atoms with Crippen molar-refractivity contribution in [2.24, 2.45) is 5.41 Å². The highest BCUT2D eigenvalue weighted by Crippen LogP contribution is 2.28. The molecule has 0 fully saturated rings. The van der Waals surface area contributed by atoms with Gasteiger partial charge >= 0.3 is 5.97 Å². The lowest BCUT2D eigenvalue weighted by atomic mass is 9.91. The summed E-state index contributed by atoms with van der Waals surface area (Å²) in [6.45, 7) is 7.08. The van der Waals surface area contributed by atoms with E-state index in [9.17, 15) is 9.59 Å². The standard InChI is InChI=1S/C23H22ClNO3/c1-14-6-5-7-17-18(22(27)28-13-20(26)23(2,3)4)12-19(25-21(14)17)15-8-10-16(24)11-9-15/h5-12H,13H2,1-4H3. The first-order chi connectivity index (χ1) is 13.2.